The number of nitrogens with zero attached hydrogens (tertiary/aromatic N) is 2. The van der Waals surface area contributed by atoms with Crippen LogP contribution in [0.25, 0.3) is 0 Å². The Kier molecular flexibility index (Phi) is 4.62. The Morgan fingerprint density at radius 3 is 2.62 bits per heavy atom. The molecule has 0 atom stereocenters. The normalized spacial score (nSPS) is 11.2. The molecule has 21 heavy (non-hydrogen) atoms. The molecule has 0 aliphatic rings. The van der Waals surface area contributed by atoms with E-state index in [4.69, 9.17) is 4.74 Å². The maximum Gasteiger partial charge on any atom is 0.293 e. The molecule has 112 valence electrons. The van der Waals surface area contributed by atoms with Crippen molar-refractivity contribution in [1.29, 1.82) is 0 Å². The molecule has 5 nitrogen and oxygen atoms in total. The average Bonchev–Trinajstić information content (AvgIpc) is 2.45. The molecule has 5 heteroatoms. The Hall–Kier alpha value is -2.30. The van der Waals surface area contributed by atoms with Gasteiger partial charge in [-0.05, 0) is 32.9 Å². The summed E-state index contributed by atoms with van der Waals surface area (Å²) in [6.45, 7) is 6.94. The van der Waals surface area contributed by atoms with Crippen LogP contribution in [0, 0.1) is 0 Å². The lowest BCUT2D eigenvalue weighted by Crippen LogP contribution is -2.35. The number of hydrogen-bond acceptors (Lipinski definition) is 4. The summed E-state index contributed by atoms with van der Waals surface area (Å²) in [6, 6.07) is 9.57. The van der Waals surface area contributed by atoms with E-state index in [0.29, 0.717) is 19.0 Å². The van der Waals surface area contributed by atoms with Gasteiger partial charge in [0.05, 0.1) is 6.54 Å². The van der Waals surface area contributed by atoms with Crippen LogP contribution in [-0.2, 0) is 5.54 Å². The molecule has 1 aromatic carbocycles. The maximum atomic E-state index is 12.3. The van der Waals surface area contributed by atoms with Gasteiger partial charge < -0.3 is 14.6 Å². The molecule has 0 amide bonds. The van der Waals surface area contributed by atoms with Crippen molar-refractivity contribution < 1.29 is 4.74 Å². The minimum atomic E-state index is -0.267. The first-order chi connectivity index (χ1) is 9.98. The zero-order chi connectivity index (χ0) is 15.3. The Morgan fingerprint density at radius 1 is 1.24 bits per heavy atom. The van der Waals surface area contributed by atoms with Crippen molar-refractivity contribution in [2.24, 2.45) is 0 Å². The van der Waals surface area contributed by atoms with Crippen molar-refractivity contribution in [3.05, 3.63) is 53.1 Å². The number of nitrogens with one attached hydrogen (secondary N) is 1. The number of aromatic nitrogens is 2. The van der Waals surface area contributed by atoms with Gasteiger partial charge >= 0.3 is 0 Å². The standard InChI is InChI=1S/C16H21N3O2/c1-16(2,3)19-11-9-17-14(15(19)20)18-10-12-21-13-7-5-4-6-8-13/h4-9,11H,10,12H2,1-3H3,(H,17,18). The Bertz CT molecular complexity index is 630. The number of anilines is 1. The molecule has 0 saturated carbocycles. The second-order valence-electron chi connectivity index (χ2n) is 5.71. The fourth-order valence-corrected chi connectivity index (χ4v) is 1.92. The van der Waals surface area contributed by atoms with Crippen LogP contribution in [-0.4, -0.2) is 22.7 Å². The first-order valence-electron chi connectivity index (χ1n) is 6.98. The largest absolute Gasteiger partial charge is 0.492 e. The van der Waals surface area contributed by atoms with E-state index in [2.05, 4.69) is 10.3 Å². The molecule has 0 aliphatic carbocycles. The first-order valence-corrected chi connectivity index (χ1v) is 6.98. The molecule has 1 heterocycles. The van der Waals surface area contributed by atoms with Crippen LogP contribution in [0.1, 0.15) is 20.8 Å². The first kappa shape index (κ1) is 15.1. The summed E-state index contributed by atoms with van der Waals surface area (Å²) >= 11 is 0. The Labute approximate surface area is 124 Å². The maximum absolute atomic E-state index is 12.3. The molecular weight excluding hydrogens is 266 g/mol. The number of rotatable bonds is 5. The zero-order valence-electron chi connectivity index (χ0n) is 12.7. The van der Waals surface area contributed by atoms with E-state index >= 15 is 0 Å². The second-order valence-corrected chi connectivity index (χ2v) is 5.71. The van der Waals surface area contributed by atoms with Crippen LogP contribution in [0.5, 0.6) is 5.75 Å². The average molecular weight is 287 g/mol. The molecule has 1 N–H and O–H groups in total. The van der Waals surface area contributed by atoms with Crippen LogP contribution < -0.4 is 15.6 Å². The fourth-order valence-electron chi connectivity index (χ4n) is 1.92. The second kappa shape index (κ2) is 6.43. The van der Waals surface area contributed by atoms with Crippen molar-refractivity contribution in [3.63, 3.8) is 0 Å². The molecule has 0 unspecified atom stereocenters. The highest BCUT2D eigenvalue weighted by molar-refractivity contribution is 5.31. The summed E-state index contributed by atoms with van der Waals surface area (Å²) in [4.78, 5) is 16.4. The van der Waals surface area contributed by atoms with Gasteiger partial charge in [-0.2, -0.15) is 0 Å². The van der Waals surface area contributed by atoms with E-state index in [1.165, 1.54) is 0 Å². The van der Waals surface area contributed by atoms with Crippen molar-refractivity contribution >= 4 is 5.82 Å². The Morgan fingerprint density at radius 2 is 1.95 bits per heavy atom. The van der Waals surface area contributed by atoms with Crippen molar-refractivity contribution in [2.45, 2.75) is 26.3 Å². The van der Waals surface area contributed by atoms with E-state index < -0.39 is 0 Å². The van der Waals surface area contributed by atoms with Crippen LogP contribution in [0.2, 0.25) is 0 Å². The van der Waals surface area contributed by atoms with Gasteiger partial charge in [0, 0.05) is 17.9 Å². The van der Waals surface area contributed by atoms with E-state index in [0.717, 1.165) is 5.75 Å². The Balaban J connectivity index is 1.94. The lowest BCUT2D eigenvalue weighted by Gasteiger charge is -2.22. The topological polar surface area (TPSA) is 56.1 Å². The molecule has 0 aliphatic heterocycles. The SMILES string of the molecule is CC(C)(C)n1ccnc(NCCOc2ccccc2)c1=O. The predicted octanol–water partition coefficient (Wildman–Crippen LogP) is 2.49. The van der Waals surface area contributed by atoms with E-state index in [1.54, 1.807) is 17.0 Å². The third kappa shape index (κ3) is 4.08. The molecule has 1 aromatic heterocycles. The van der Waals surface area contributed by atoms with Crippen molar-refractivity contribution in [2.75, 3.05) is 18.5 Å². The molecule has 0 spiro atoms. The summed E-state index contributed by atoms with van der Waals surface area (Å²) in [6.07, 6.45) is 3.33. The van der Waals surface area contributed by atoms with Crippen LogP contribution in [0.4, 0.5) is 5.82 Å². The number of para-hydroxylation sites is 1. The van der Waals surface area contributed by atoms with Crippen LogP contribution in [0.3, 0.4) is 0 Å². The molecule has 0 bridgehead atoms. The highest BCUT2D eigenvalue weighted by Gasteiger charge is 2.16. The molecule has 0 radical (unpaired) electrons. The summed E-state index contributed by atoms with van der Waals surface area (Å²) in [5.74, 6) is 1.16. The van der Waals surface area contributed by atoms with Gasteiger partial charge in [0.25, 0.3) is 5.56 Å². The van der Waals surface area contributed by atoms with E-state index in [1.807, 2.05) is 51.1 Å². The monoisotopic (exact) mass is 287 g/mol. The van der Waals surface area contributed by atoms with Gasteiger partial charge in [0.1, 0.15) is 12.4 Å². The summed E-state index contributed by atoms with van der Waals surface area (Å²) < 4.78 is 7.23. The van der Waals surface area contributed by atoms with Crippen LogP contribution in [0.15, 0.2) is 47.5 Å². The lowest BCUT2D eigenvalue weighted by atomic mass is 10.1. The van der Waals surface area contributed by atoms with Crippen molar-refractivity contribution in [3.8, 4) is 5.75 Å². The van der Waals surface area contributed by atoms with Gasteiger partial charge in [-0.25, -0.2) is 4.98 Å². The molecule has 2 aromatic rings. The fraction of sp³-hybridized carbons (Fsp3) is 0.375. The molecule has 2 rings (SSSR count). The van der Waals surface area contributed by atoms with Gasteiger partial charge in [-0.15, -0.1) is 0 Å². The van der Waals surface area contributed by atoms with Gasteiger partial charge in [-0.3, -0.25) is 4.79 Å². The minimum absolute atomic E-state index is 0.121. The summed E-state index contributed by atoms with van der Waals surface area (Å²) in [5, 5.41) is 3.03. The quantitative estimate of drug-likeness (QED) is 0.858. The van der Waals surface area contributed by atoms with E-state index in [9.17, 15) is 4.79 Å². The molecular formula is C16H21N3O2. The zero-order valence-corrected chi connectivity index (χ0v) is 12.7. The molecule has 0 fully saturated rings. The number of ether oxygens (including phenoxy) is 1. The van der Waals surface area contributed by atoms with Crippen molar-refractivity contribution in [1.82, 2.24) is 9.55 Å². The molecule has 0 saturated heterocycles. The van der Waals surface area contributed by atoms with Crippen LogP contribution >= 0.6 is 0 Å². The highest BCUT2D eigenvalue weighted by Crippen LogP contribution is 2.11. The lowest BCUT2D eigenvalue weighted by molar-refractivity contribution is 0.332. The number of hydrogen-bond donors (Lipinski definition) is 1. The third-order valence-electron chi connectivity index (χ3n) is 2.97. The third-order valence-corrected chi connectivity index (χ3v) is 2.97. The minimum Gasteiger partial charge on any atom is -0.492 e. The van der Waals surface area contributed by atoms with Gasteiger partial charge in [-0.1, -0.05) is 18.2 Å². The summed E-state index contributed by atoms with van der Waals surface area (Å²) in [5.41, 5.74) is -0.388. The van der Waals surface area contributed by atoms with Gasteiger partial charge in [0.2, 0.25) is 0 Å². The smallest absolute Gasteiger partial charge is 0.293 e. The highest BCUT2D eigenvalue weighted by atomic mass is 16.5. The van der Waals surface area contributed by atoms with E-state index in [-0.39, 0.29) is 11.1 Å². The van der Waals surface area contributed by atoms with Gasteiger partial charge in [0.15, 0.2) is 5.82 Å². The summed E-state index contributed by atoms with van der Waals surface area (Å²) in [7, 11) is 0. The number of benzene rings is 1. The predicted molar refractivity (Wildman–Crippen MR) is 83.9 cm³/mol.